The van der Waals surface area contributed by atoms with E-state index < -0.39 is 24.3 Å². The average Bonchev–Trinajstić information content (AvgIpc) is 3.02. The highest BCUT2D eigenvalue weighted by Gasteiger charge is 2.18. The first-order chi connectivity index (χ1) is 12.5. The van der Waals surface area contributed by atoms with Crippen molar-refractivity contribution in [2.75, 3.05) is 17.2 Å². The quantitative estimate of drug-likeness (QED) is 0.609. The van der Waals surface area contributed by atoms with Gasteiger partial charge < -0.3 is 15.7 Å². The lowest BCUT2D eigenvalue weighted by molar-refractivity contribution is 0.273. The third-order valence-electron chi connectivity index (χ3n) is 3.53. The van der Waals surface area contributed by atoms with E-state index in [2.05, 4.69) is 25.7 Å². The van der Waals surface area contributed by atoms with Gasteiger partial charge in [-0.1, -0.05) is 11.6 Å². The SMILES string of the molecule is Cn1cc(Nc2ncc(Cl)c(NC(CO)c3cc(F)ccc3F)n2)cn1. The minimum absolute atomic E-state index is 0.0380. The van der Waals surface area contributed by atoms with E-state index in [0.717, 1.165) is 18.2 Å². The van der Waals surface area contributed by atoms with Crippen LogP contribution in [0.1, 0.15) is 11.6 Å². The number of nitrogens with zero attached hydrogens (tertiary/aromatic N) is 4. The van der Waals surface area contributed by atoms with Gasteiger partial charge in [0.25, 0.3) is 0 Å². The van der Waals surface area contributed by atoms with E-state index in [1.807, 2.05) is 0 Å². The van der Waals surface area contributed by atoms with Gasteiger partial charge in [0.1, 0.15) is 16.7 Å². The minimum atomic E-state index is -0.940. The largest absolute Gasteiger partial charge is 0.394 e. The molecule has 2 aromatic heterocycles. The molecule has 26 heavy (non-hydrogen) atoms. The van der Waals surface area contributed by atoms with Gasteiger partial charge in [0.05, 0.1) is 30.7 Å². The van der Waals surface area contributed by atoms with Crippen molar-refractivity contribution in [1.82, 2.24) is 19.7 Å². The third-order valence-corrected chi connectivity index (χ3v) is 3.81. The number of halogens is 3. The Balaban J connectivity index is 1.85. The molecule has 2 heterocycles. The van der Waals surface area contributed by atoms with Gasteiger partial charge in [-0.3, -0.25) is 4.68 Å². The Morgan fingerprint density at radius 1 is 1.31 bits per heavy atom. The second-order valence-corrected chi connectivity index (χ2v) is 5.87. The maximum Gasteiger partial charge on any atom is 0.229 e. The minimum Gasteiger partial charge on any atom is -0.394 e. The van der Waals surface area contributed by atoms with E-state index in [9.17, 15) is 13.9 Å². The fraction of sp³-hybridized carbons (Fsp3) is 0.188. The standard InChI is InChI=1S/C16H15ClF2N6O/c1-25-7-10(5-21-25)22-16-20-6-12(17)15(24-16)23-14(8-26)11-4-9(18)2-3-13(11)19/h2-7,14,26H,8H2,1H3,(H2,20,22,23,24). The number of anilines is 3. The summed E-state index contributed by atoms with van der Waals surface area (Å²) in [6.45, 7) is -0.494. The monoisotopic (exact) mass is 380 g/mol. The molecule has 7 nitrogen and oxygen atoms in total. The van der Waals surface area contributed by atoms with Crippen LogP contribution in [-0.4, -0.2) is 31.5 Å². The lowest BCUT2D eigenvalue weighted by atomic mass is 10.1. The molecule has 1 atom stereocenters. The van der Waals surface area contributed by atoms with Crippen LogP contribution >= 0.6 is 11.6 Å². The van der Waals surface area contributed by atoms with Crippen molar-refractivity contribution in [1.29, 1.82) is 0 Å². The Morgan fingerprint density at radius 2 is 2.12 bits per heavy atom. The summed E-state index contributed by atoms with van der Waals surface area (Å²) in [6.07, 6.45) is 4.67. The maximum absolute atomic E-state index is 14.0. The van der Waals surface area contributed by atoms with E-state index in [4.69, 9.17) is 11.6 Å². The molecule has 0 bridgehead atoms. The molecule has 0 amide bonds. The van der Waals surface area contributed by atoms with Crippen LogP contribution in [0.3, 0.4) is 0 Å². The predicted octanol–water partition coefficient (Wildman–Crippen LogP) is 3.03. The summed E-state index contributed by atoms with van der Waals surface area (Å²) in [5, 5.41) is 19.5. The molecule has 0 radical (unpaired) electrons. The van der Waals surface area contributed by atoms with Crippen molar-refractivity contribution in [3.63, 3.8) is 0 Å². The topological polar surface area (TPSA) is 87.9 Å². The Bertz CT molecular complexity index is 920. The number of benzene rings is 1. The lowest BCUT2D eigenvalue weighted by Gasteiger charge is -2.19. The molecule has 0 spiro atoms. The fourth-order valence-corrected chi connectivity index (χ4v) is 2.46. The van der Waals surface area contributed by atoms with Gasteiger partial charge >= 0.3 is 0 Å². The van der Waals surface area contributed by atoms with E-state index in [0.29, 0.717) is 5.69 Å². The number of hydrogen-bond acceptors (Lipinski definition) is 6. The van der Waals surface area contributed by atoms with Crippen molar-refractivity contribution in [3.05, 3.63) is 59.0 Å². The van der Waals surface area contributed by atoms with Crippen LogP contribution in [0.25, 0.3) is 0 Å². The molecule has 0 saturated carbocycles. The second-order valence-electron chi connectivity index (χ2n) is 5.46. The van der Waals surface area contributed by atoms with Crippen LogP contribution in [0.5, 0.6) is 0 Å². The number of rotatable bonds is 6. The van der Waals surface area contributed by atoms with E-state index in [-0.39, 0.29) is 22.4 Å². The van der Waals surface area contributed by atoms with E-state index in [1.54, 1.807) is 24.1 Å². The number of aryl methyl sites for hydroxylation is 1. The second kappa shape index (κ2) is 7.63. The zero-order valence-electron chi connectivity index (χ0n) is 13.6. The summed E-state index contributed by atoms with van der Waals surface area (Å²) in [6, 6.07) is 2.06. The molecule has 10 heteroatoms. The summed E-state index contributed by atoms with van der Waals surface area (Å²) in [5.74, 6) is -0.886. The van der Waals surface area contributed by atoms with Gasteiger partial charge in [-0.2, -0.15) is 10.1 Å². The van der Waals surface area contributed by atoms with Gasteiger partial charge in [0, 0.05) is 18.8 Å². The zero-order chi connectivity index (χ0) is 18.7. The third kappa shape index (κ3) is 4.06. The van der Waals surface area contributed by atoms with Gasteiger partial charge in [0.15, 0.2) is 5.82 Å². The maximum atomic E-state index is 14.0. The van der Waals surface area contributed by atoms with Crippen LogP contribution in [0.2, 0.25) is 5.02 Å². The number of nitrogens with one attached hydrogen (secondary N) is 2. The summed E-state index contributed by atoms with van der Waals surface area (Å²) in [5.41, 5.74) is 0.625. The molecule has 0 aliphatic heterocycles. The van der Waals surface area contributed by atoms with Crippen LogP contribution < -0.4 is 10.6 Å². The van der Waals surface area contributed by atoms with Crippen molar-refractivity contribution in [2.24, 2.45) is 7.05 Å². The molecule has 1 aromatic carbocycles. The molecule has 0 aliphatic rings. The van der Waals surface area contributed by atoms with Gasteiger partial charge in [-0.25, -0.2) is 13.8 Å². The van der Waals surface area contributed by atoms with E-state index in [1.165, 1.54) is 6.20 Å². The number of aliphatic hydroxyl groups excluding tert-OH is 1. The number of aliphatic hydroxyl groups is 1. The van der Waals surface area contributed by atoms with Crippen molar-refractivity contribution in [2.45, 2.75) is 6.04 Å². The summed E-state index contributed by atoms with van der Waals surface area (Å²) >= 11 is 6.08. The normalized spacial score (nSPS) is 12.0. The lowest BCUT2D eigenvalue weighted by Crippen LogP contribution is -2.18. The van der Waals surface area contributed by atoms with Crippen molar-refractivity contribution < 1.29 is 13.9 Å². The first kappa shape index (κ1) is 18.0. The predicted molar refractivity (Wildman–Crippen MR) is 93.3 cm³/mol. The molecule has 0 saturated heterocycles. The van der Waals surface area contributed by atoms with Crippen LogP contribution in [0.4, 0.5) is 26.2 Å². The van der Waals surface area contributed by atoms with Crippen molar-refractivity contribution >= 4 is 29.1 Å². The highest BCUT2D eigenvalue weighted by Crippen LogP contribution is 2.27. The first-order valence-electron chi connectivity index (χ1n) is 7.57. The molecule has 3 rings (SSSR count). The molecule has 0 aliphatic carbocycles. The van der Waals surface area contributed by atoms with Gasteiger partial charge in [-0.15, -0.1) is 0 Å². The first-order valence-corrected chi connectivity index (χ1v) is 7.94. The van der Waals surface area contributed by atoms with Crippen LogP contribution in [0.15, 0.2) is 36.8 Å². The molecular formula is C16H15ClF2N6O. The molecular weight excluding hydrogens is 366 g/mol. The van der Waals surface area contributed by atoms with Crippen LogP contribution in [0, 0.1) is 11.6 Å². The molecule has 3 aromatic rings. The zero-order valence-corrected chi connectivity index (χ0v) is 14.4. The van der Waals surface area contributed by atoms with E-state index >= 15 is 0 Å². The Hall–Kier alpha value is -2.78. The average molecular weight is 381 g/mol. The summed E-state index contributed by atoms with van der Waals surface area (Å²) in [7, 11) is 1.76. The summed E-state index contributed by atoms with van der Waals surface area (Å²) in [4.78, 5) is 8.27. The number of hydrogen-bond donors (Lipinski definition) is 3. The van der Waals surface area contributed by atoms with Gasteiger partial charge in [-0.05, 0) is 18.2 Å². The smallest absolute Gasteiger partial charge is 0.229 e. The highest BCUT2D eigenvalue weighted by molar-refractivity contribution is 6.32. The fourth-order valence-electron chi connectivity index (χ4n) is 2.31. The number of aromatic nitrogens is 4. The van der Waals surface area contributed by atoms with Crippen molar-refractivity contribution in [3.8, 4) is 0 Å². The van der Waals surface area contributed by atoms with Crippen LogP contribution in [-0.2, 0) is 7.05 Å². The highest BCUT2D eigenvalue weighted by atomic mass is 35.5. The Morgan fingerprint density at radius 3 is 2.81 bits per heavy atom. The molecule has 0 fully saturated rings. The molecule has 3 N–H and O–H groups in total. The Kier molecular flexibility index (Phi) is 5.29. The Labute approximate surface area is 152 Å². The molecule has 136 valence electrons. The summed E-state index contributed by atoms with van der Waals surface area (Å²) < 4.78 is 29.0. The molecule has 1 unspecified atom stereocenters. The van der Waals surface area contributed by atoms with Gasteiger partial charge in [0.2, 0.25) is 5.95 Å².